The smallest absolute Gasteiger partial charge is 0.335 e. The molecule has 1 amide bonds. The third kappa shape index (κ3) is 2.74. The minimum absolute atomic E-state index is 0.0277. The number of carboxylic acids is 1. The molecule has 0 aliphatic rings. The molecule has 6 nitrogen and oxygen atoms in total. The molecule has 0 aliphatic carbocycles. The number of aromatic carboxylic acids is 1. The lowest BCUT2D eigenvalue weighted by Crippen LogP contribution is -2.15. The molecule has 0 spiro atoms. The number of aryl methyl sites for hydroxylation is 1. The number of hydrogen-bond acceptors (Lipinski definition) is 4. The normalized spacial score (nSPS) is 10.1. The van der Waals surface area contributed by atoms with Crippen LogP contribution >= 0.6 is 0 Å². The Labute approximate surface area is 114 Å². The van der Waals surface area contributed by atoms with Crippen LogP contribution in [0.25, 0.3) is 0 Å². The number of phenolic OH excluding ortho intramolecular Hbond substituents is 1. The number of amides is 1. The van der Waals surface area contributed by atoms with Crippen molar-refractivity contribution >= 4 is 17.6 Å². The first-order valence-corrected chi connectivity index (χ1v) is 5.78. The third-order valence-corrected chi connectivity index (χ3v) is 2.72. The van der Waals surface area contributed by atoms with Crippen molar-refractivity contribution in [2.45, 2.75) is 6.92 Å². The second-order valence-corrected chi connectivity index (χ2v) is 4.16. The van der Waals surface area contributed by atoms with Gasteiger partial charge in [-0.2, -0.15) is 0 Å². The van der Waals surface area contributed by atoms with E-state index in [-0.39, 0.29) is 22.7 Å². The van der Waals surface area contributed by atoms with E-state index in [1.165, 1.54) is 24.4 Å². The first-order valence-electron chi connectivity index (χ1n) is 5.78. The minimum Gasteiger partial charge on any atom is -0.506 e. The van der Waals surface area contributed by atoms with E-state index < -0.39 is 11.9 Å². The van der Waals surface area contributed by atoms with Crippen LogP contribution in [-0.4, -0.2) is 27.1 Å². The van der Waals surface area contributed by atoms with Crippen LogP contribution in [0.5, 0.6) is 5.75 Å². The summed E-state index contributed by atoms with van der Waals surface area (Å²) in [6, 6.07) is 7.08. The van der Waals surface area contributed by atoms with Gasteiger partial charge < -0.3 is 15.5 Å². The van der Waals surface area contributed by atoms with Crippen LogP contribution in [-0.2, 0) is 0 Å². The van der Waals surface area contributed by atoms with Crippen molar-refractivity contribution < 1.29 is 19.8 Å². The number of anilines is 1. The van der Waals surface area contributed by atoms with Gasteiger partial charge in [-0.25, -0.2) is 4.79 Å². The molecule has 1 aromatic heterocycles. The van der Waals surface area contributed by atoms with Crippen molar-refractivity contribution in [3.05, 3.63) is 53.3 Å². The van der Waals surface area contributed by atoms with Gasteiger partial charge >= 0.3 is 5.97 Å². The second kappa shape index (κ2) is 5.40. The Hall–Kier alpha value is -2.89. The number of nitrogens with zero attached hydrogens (tertiary/aromatic N) is 1. The van der Waals surface area contributed by atoms with Crippen molar-refractivity contribution in [1.29, 1.82) is 0 Å². The molecular weight excluding hydrogens is 260 g/mol. The van der Waals surface area contributed by atoms with E-state index in [1.54, 1.807) is 19.1 Å². The van der Waals surface area contributed by atoms with E-state index in [0.717, 1.165) is 0 Å². The van der Waals surface area contributed by atoms with Crippen LogP contribution in [0.3, 0.4) is 0 Å². The van der Waals surface area contributed by atoms with Gasteiger partial charge in [0.25, 0.3) is 5.91 Å². The maximum atomic E-state index is 12.0. The molecule has 1 aromatic carbocycles. The monoisotopic (exact) mass is 272 g/mol. The van der Waals surface area contributed by atoms with Crippen LogP contribution in [0.15, 0.2) is 36.5 Å². The zero-order valence-corrected chi connectivity index (χ0v) is 10.6. The highest BCUT2D eigenvalue weighted by molar-refractivity contribution is 6.05. The molecule has 0 fully saturated rings. The van der Waals surface area contributed by atoms with Gasteiger partial charge in [0.15, 0.2) is 0 Å². The Morgan fingerprint density at radius 3 is 2.65 bits per heavy atom. The fourth-order valence-electron chi connectivity index (χ4n) is 1.67. The largest absolute Gasteiger partial charge is 0.506 e. The molecule has 102 valence electrons. The Kier molecular flexibility index (Phi) is 3.65. The van der Waals surface area contributed by atoms with Crippen LogP contribution < -0.4 is 5.32 Å². The summed E-state index contributed by atoms with van der Waals surface area (Å²) < 4.78 is 0. The van der Waals surface area contributed by atoms with Crippen LogP contribution in [0.1, 0.15) is 26.4 Å². The summed E-state index contributed by atoms with van der Waals surface area (Å²) in [5.74, 6) is -1.87. The Morgan fingerprint density at radius 1 is 1.25 bits per heavy atom. The van der Waals surface area contributed by atoms with Crippen LogP contribution in [0.2, 0.25) is 0 Å². The highest BCUT2D eigenvalue weighted by Crippen LogP contribution is 2.25. The van der Waals surface area contributed by atoms with Gasteiger partial charge in [-0.3, -0.25) is 9.78 Å². The quantitative estimate of drug-likeness (QED) is 0.742. The lowest BCUT2D eigenvalue weighted by molar-refractivity contribution is 0.0696. The fraction of sp³-hybridized carbons (Fsp3) is 0.0714. The summed E-state index contributed by atoms with van der Waals surface area (Å²) >= 11 is 0. The van der Waals surface area contributed by atoms with Crippen molar-refractivity contribution in [3.8, 4) is 5.75 Å². The molecule has 6 heteroatoms. The Bertz CT molecular complexity index is 683. The number of pyridine rings is 1. The van der Waals surface area contributed by atoms with E-state index in [0.29, 0.717) is 5.56 Å². The van der Waals surface area contributed by atoms with Gasteiger partial charge in [-0.05, 0) is 36.8 Å². The molecule has 0 saturated carbocycles. The second-order valence-electron chi connectivity index (χ2n) is 4.16. The molecule has 0 saturated heterocycles. The minimum atomic E-state index is -1.14. The van der Waals surface area contributed by atoms with Crippen LogP contribution in [0, 0.1) is 6.92 Å². The number of nitrogens with one attached hydrogen (secondary N) is 1. The number of aromatic nitrogens is 1. The van der Waals surface area contributed by atoms with Gasteiger partial charge in [-0.1, -0.05) is 6.07 Å². The highest BCUT2D eigenvalue weighted by Gasteiger charge is 2.14. The number of aromatic hydroxyl groups is 1. The molecule has 3 N–H and O–H groups in total. The first-order chi connectivity index (χ1) is 9.49. The van der Waals surface area contributed by atoms with Crippen molar-refractivity contribution in [2.75, 3.05) is 5.32 Å². The van der Waals surface area contributed by atoms with E-state index in [2.05, 4.69) is 10.3 Å². The molecule has 0 atom stereocenters. The molecule has 2 rings (SSSR count). The highest BCUT2D eigenvalue weighted by atomic mass is 16.4. The van der Waals surface area contributed by atoms with Crippen molar-refractivity contribution in [2.24, 2.45) is 0 Å². The first kappa shape index (κ1) is 13.5. The Balaban J connectivity index is 2.30. The van der Waals surface area contributed by atoms with Gasteiger partial charge in [0, 0.05) is 6.20 Å². The van der Waals surface area contributed by atoms with Crippen molar-refractivity contribution in [1.82, 2.24) is 4.98 Å². The predicted molar refractivity (Wildman–Crippen MR) is 72.0 cm³/mol. The van der Waals surface area contributed by atoms with Crippen molar-refractivity contribution in [3.63, 3.8) is 0 Å². The zero-order valence-electron chi connectivity index (χ0n) is 10.6. The topological polar surface area (TPSA) is 99.5 Å². The van der Waals surface area contributed by atoms with E-state index >= 15 is 0 Å². The zero-order chi connectivity index (χ0) is 14.7. The Morgan fingerprint density at radius 2 is 2.00 bits per heavy atom. The number of carbonyl (C=O) groups excluding carboxylic acids is 1. The average Bonchev–Trinajstić information content (AvgIpc) is 2.41. The van der Waals surface area contributed by atoms with E-state index in [9.17, 15) is 14.7 Å². The standard InChI is InChI=1S/C14H12N2O4/c1-8-3-2-6-15-12(8)13(18)16-10-7-9(14(19)20)4-5-11(10)17/h2-7,17H,1H3,(H,16,18)(H,19,20). The molecule has 20 heavy (non-hydrogen) atoms. The number of benzene rings is 1. The van der Waals surface area contributed by atoms with Crippen LogP contribution in [0.4, 0.5) is 5.69 Å². The third-order valence-electron chi connectivity index (χ3n) is 2.72. The molecule has 2 aromatic rings. The summed E-state index contributed by atoms with van der Waals surface area (Å²) in [5.41, 5.74) is 0.891. The van der Waals surface area contributed by atoms with E-state index in [1.807, 2.05) is 0 Å². The maximum Gasteiger partial charge on any atom is 0.335 e. The molecule has 0 bridgehead atoms. The lowest BCUT2D eigenvalue weighted by atomic mass is 10.1. The summed E-state index contributed by atoms with van der Waals surface area (Å²) in [6.07, 6.45) is 1.48. The fourth-order valence-corrected chi connectivity index (χ4v) is 1.67. The molecule has 1 heterocycles. The predicted octanol–water partition coefficient (Wildman–Crippen LogP) is 2.05. The average molecular weight is 272 g/mol. The number of carboxylic acid groups (broad SMARTS) is 1. The number of rotatable bonds is 3. The number of hydrogen-bond donors (Lipinski definition) is 3. The van der Waals surface area contributed by atoms with Gasteiger partial charge in [0.05, 0.1) is 11.3 Å². The molecule has 0 unspecified atom stereocenters. The number of carbonyl (C=O) groups is 2. The summed E-state index contributed by atoms with van der Waals surface area (Å²) in [7, 11) is 0. The molecular formula is C14H12N2O4. The van der Waals surface area contributed by atoms with Gasteiger partial charge in [0.2, 0.25) is 0 Å². The number of phenols is 1. The molecule has 0 aliphatic heterocycles. The summed E-state index contributed by atoms with van der Waals surface area (Å²) in [4.78, 5) is 26.9. The SMILES string of the molecule is Cc1cccnc1C(=O)Nc1cc(C(=O)O)ccc1O. The molecule has 0 radical (unpaired) electrons. The summed E-state index contributed by atoms with van der Waals surface area (Å²) in [5, 5.41) is 21.0. The van der Waals surface area contributed by atoms with Gasteiger partial charge in [-0.15, -0.1) is 0 Å². The van der Waals surface area contributed by atoms with E-state index in [4.69, 9.17) is 5.11 Å². The summed E-state index contributed by atoms with van der Waals surface area (Å²) in [6.45, 7) is 1.73. The lowest BCUT2D eigenvalue weighted by Gasteiger charge is -2.09. The van der Waals surface area contributed by atoms with Gasteiger partial charge in [0.1, 0.15) is 11.4 Å². The maximum absolute atomic E-state index is 12.0.